The molecule has 6 nitrogen and oxygen atoms in total. The van der Waals surface area contributed by atoms with Crippen molar-refractivity contribution in [2.24, 2.45) is 0 Å². The number of ether oxygens (including phenoxy) is 1. The van der Waals surface area contributed by atoms with Crippen molar-refractivity contribution in [3.8, 4) is 6.01 Å². The molecule has 0 bridgehead atoms. The van der Waals surface area contributed by atoms with Crippen LogP contribution in [0.5, 0.6) is 6.01 Å². The fourth-order valence-corrected chi connectivity index (χ4v) is 2.56. The van der Waals surface area contributed by atoms with Crippen molar-refractivity contribution < 1.29 is 4.74 Å². The predicted octanol–water partition coefficient (Wildman–Crippen LogP) is 1.87. The largest absolute Gasteiger partial charge is 0.467 e. The maximum absolute atomic E-state index is 5.16. The van der Waals surface area contributed by atoms with Gasteiger partial charge in [-0.15, -0.1) is 0 Å². The van der Waals surface area contributed by atoms with Crippen LogP contribution in [0.4, 0.5) is 11.9 Å². The van der Waals surface area contributed by atoms with Crippen LogP contribution in [0.3, 0.4) is 0 Å². The van der Waals surface area contributed by atoms with Gasteiger partial charge in [0, 0.05) is 20.1 Å². The van der Waals surface area contributed by atoms with Crippen LogP contribution in [0.1, 0.15) is 17.5 Å². The van der Waals surface area contributed by atoms with Crippen molar-refractivity contribution in [2.75, 3.05) is 30.9 Å². The molecule has 2 heterocycles. The van der Waals surface area contributed by atoms with Gasteiger partial charge in [0.15, 0.2) is 0 Å². The summed E-state index contributed by atoms with van der Waals surface area (Å²) in [5.41, 5.74) is 2.75. The number of nitrogens with zero attached hydrogens (tertiary/aromatic N) is 4. The predicted molar refractivity (Wildman–Crippen MR) is 81.7 cm³/mol. The van der Waals surface area contributed by atoms with E-state index in [4.69, 9.17) is 4.74 Å². The van der Waals surface area contributed by atoms with E-state index in [2.05, 4.69) is 49.4 Å². The van der Waals surface area contributed by atoms with Gasteiger partial charge in [-0.25, -0.2) is 0 Å². The minimum atomic E-state index is 0.335. The van der Waals surface area contributed by atoms with E-state index in [-0.39, 0.29) is 0 Å². The third-order valence-corrected chi connectivity index (χ3v) is 3.65. The van der Waals surface area contributed by atoms with E-state index in [1.807, 2.05) is 0 Å². The van der Waals surface area contributed by atoms with Crippen LogP contribution >= 0.6 is 0 Å². The van der Waals surface area contributed by atoms with E-state index < -0.39 is 0 Å². The molecule has 0 saturated heterocycles. The summed E-state index contributed by atoms with van der Waals surface area (Å²) >= 11 is 0. The molecule has 0 saturated carbocycles. The van der Waals surface area contributed by atoms with Crippen LogP contribution in [0.15, 0.2) is 24.3 Å². The van der Waals surface area contributed by atoms with Crippen molar-refractivity contribution in [3.05, 3.63) is 35.4 Å². The molecule has 0 spiro atoms. The lowest BCUT2D eigenvalue weighted by atomic mass is 10.0. The average Bonchev–Trinajstić information content (AvgIpc) is 2.76. The molecule has 0 atom stereocenters. The summed E-state index contributed by atoms with van der Waals surface area (Å²) in [6, 6.07) is 8.88. The molecule has 6 heteroatoms. The number of hydrogen-bond acceptors (Lipinski definition) is 6. The number of aryl methyl sites for hydroxylation is 1. The second-order valence-corrected chi connectivity index (χ2v) is 4.99. The minimum Gasteiger partial charge on any atom is -0.467 e. The summed E-state index contributed by atoms with van der Waals surface area (Å²) in [6.45, 7) is 1.73. The molecule has 1 aliphatic heterocycles. The standard InChI is InChI=1S/C15H19N5O/c1-16-13-17-14(19-15(18-13)21-2)20-9-5-8-11-6-3-4-7-12(11)10-20/h3-4,6-7H,5,8-10H2,1-2H3,(H,16,17,18,19). The summed E-state index contributed by atoms with van der Waals surface area (Å²) in [5.74, 6) is 1.18. The van der Waals surface area contributed by atoms with Gasteiger partial charge < -0.3 is 15.0 Å². The highest BCUT2D eigenvalue weighted by atomic mass is 16.5. The average molecular weight is 285 g/mol. The van der Waals surface area contributed by atoms with Crippen LogP contribution in [0.2, 0.25) is 0 Å². The van der Waals surface area contributed by atoms with Gasteiger partial charge in [0.05, 0.1) is 7.11 Å². The Hall–Kier alpha value is -2.37. The Kier molecular flexibility index (Phi) is 3.85. The van der Waals surface area contributed by atoms with Crippen LogP contribution in [0.25, 0.3) is 0 Å². The molecular formula is C15H19N5O. The lowest BCUT2D eigenvalue weighted by molar-refractivity contribution is 0.378. The first-order valence-corrected chi connectivity index (χ1v) is 7.09. The molecule has 1 aromatic heterocycles. The van der Waals surface area contributed by atoms with Gasteiger partial charge in [-0.3, -0.25) is 0 Å². The zero-order chi connectivity index (χ0) is 14.7. The Morgan fingerprint density at radius 2 is 1.95 bits per heavy atom. The maximum Gasteiger partial charge on any atom is 0.322 e. The van der Waals surface area contributed by atoms with Gasteiger partial charge in [-0.1, -0.05) is 24.3 Å². The molecule has 1 N–H and O–H groups in total. The molecule has 0 unspecified atom stereocenters. The van der Waals surface area contributed by atoms with Crippen molar-refractivity contribution in [1.29, 1.82) is 0 Å². The SMILES string of the molecule is CNc1nc(OC)nc(N2CCCc3ccccc3C2)n1. The summed E-state index contributed by atoms with van der Waals surface area (Å²) < 4.78 is 5.16. The van der Waals surface area contributed by atoms with E-state index in [1.54, 1.807) is 14.2 Å². The summed E-state index contributed by atoms with van der Waals surface area (Å²) in [4.78, 5) is 15.2. The first kappa shape index (κ1) is 13.6. The molecule has 0 fully saturated rings. The molecule has 110 valence electrons. The van der Waals surface area contributed by atoms with E-state index in [1.165, 1.54) is 11.1 Å². The van der Waals surface area contributed by atoms with E-state index in [9.17, 15) is 0 Å². The topological polar surface area (TPSA) is 63.2 Å². The van der Waals surface area contributed by atoms with Gasteiger partial charge in [0.1, 0.15) is 0 Å². The Morgan fingerprint density at radius 1 is 1.14 bits per heavy atom. The molecule has 0 radical (unpaired) electrons. The van der Waals surface area contributed by atoms with Crippen molar-refractivity contribution in [1.82, 2.24) is 15.0 Å². The normalized spacial score (nSPS) is 14.3. The molecule has 3 rings (SSSR count). The highest BCUT2D eigenvalue weighted by Gasteiger charge is 2.18. The zero-order valence-electron chi connectivity index (χ0n) is 12.3. The molecule has 0 aliphatic carbocycles. The molecular weight excluding hydrogens is 266 g/mol. The molecule has 1 aliphatic rings. The van der Waals surface area contributed by atoms with E-state index >= 15 is 0 Å². The summed E-state index contributed by atoms with van der Waals surface area (Å²) in [6.07, 6.45) is 2.17. The number of benzene rings is 1. The fraction of sp³-hybridized carbons (Fsp3) is 0.400. The third-order valence-electron chi connectivity index (χ3n) is 3.65. The van der Waals surface area contributed by atoms with Gasteiger partial charge in [-0.05, 0) is 24.0 Å². The quantitative estimate of drug-likeness (QED) is 0.929. The number of methoxy groups -OCH3 is 1. The number of hydrogen-bond donors (Lipinski definition) is 1. The van der Waals surface area contributed by atoms with E-state index in [0.717, 1.165) is 25.9 Å². The molecule has 1 aromatic carbocycles. The minimum absolute atomic E-state index is 0.335. The van der Waals surface area contributed by atoms with Crippen molar-refractivity contribution >= 4 is 11.9 Å². The number of nitrogens with one attached hydrogen (secondary N) is 1. The first-order valence-electron chi connectivity index (χ1n) is 7.09. The first-order chi connectivity index (χ1) is 10.3. The summed E-state index contributed by atoms with van der Waals surface area (Å²) in [7, 11) is 3.35. The highest BCUT2D eigenvalue weighted by Crippen LogP contribution is 2.23. The number of anilines is 2. The Balaban J connectivity index is 1.93. The summed E-state index contributed by atoms with van der Waals surface area (Å²) in [5, 5.41) is 2.95. The molecule has 2 aromatic rings. The third kappa shape index (κ3) is 2.89. The van der Waals surface area contributed by atoms with Crippen molar-refractivity contribution in [2.45, 2.75) is 19.4 Å². The van der Waals surface area contributed by atoms with Crippen LogP contribution in [0, 0.1) is 0 Å². The fourth-order valence-electron chi connectivity index (χ4n) is 2.56. The highest BCUT2D eigenvalue weighted by molar-refractivity contribution is 5.41. The molecule has 0 amide bonds. The zero-order valence-corrected chi connectivity index (χ0v) is 12.3. The Bertz CT molecular complexity index is 609. The van der Waals surface area contributed by atoms with Gasteiger partial charge >= 0.3 is 6.01 Å². The number of fused-ring (bicyclic) bond motifs is 1. The second kappa shape index (κ2) is 5.95. The van der Waals surface area contributed by atoms with Gasteiger partial charge in [0.2, 0.25) is 11.9 Å². The van der Waals surface area contributed by atoms with Crippen LogP contribution < -0.4 is 15.0 Å². The Morgan fingerprint density at radius 3 is 2.71 bits per heavy atom. The maximum atomic E-state index is 5.16. The van der Waals surface area contributed by atoms with Gasteiger partial charge in [0.25, 0.3) is 0 Å². The van der Waals surface area contributed by atoms with Crippen LogP contribution in [-0.2, 0) is 13.0 Å². The number of aromatic nitrogens is 3. The lowest BCUT2D eigenvalue weighted by Gasteiger charge is -2.21. The monoisotopic (exact) mass is 285 g/mol. The Labute approximate surface area is 124 Å². The van der Waals surface area contributed by atoms with Gasteiger partial charge in [-0.2, -0.15) is 15.0 Å². The number of rotatable bonds is 3. The van der Waals surface area contributed by atoms with Crippen LogP contribution in [-0.4, -0.2) is 35.7 Å². The molecule has 21 heavy (non-hydrogen) atoms. The van der Waals surface area contributed by atoms with Crippen molar-refractivity contribution in [3.63, 3.8) is 0 Å². The second-order valence-electron chi connectivity index (χ2n) is 4.99. The van der Waals surface area contributed by atoms with E-state index in [0.29, 0.717) is 17.9 Å². The smallest absolute Gasteiger partial charge is 0.322 e. The lowest BCUT2D eigenvalue weighted by Crippen LogP contribution is -2.25.